The molecule has 0 aromatic heterocycles. The minimum atomic E-state index is 0.453. The molecule has 0 aromatic rings. The summed E-state index contributed by atoms with van der Waals surface area (Å²) >= 11 is 0. The molecule has 196 valence electrons. The second-order valence-electron chi connectivity index (χ2n) is 14.2. The highest BCUT2D eigenvalue weighted by atomic mass is 16.5. The molecule has 0 radical (unpaired) electrons. The maximum atomic E-state index is 6.37. The SMILES string of the molecule is CC(C)CCC[C@@H](C)[C@H]1CC[C@H]2[C@@H]3CC=C4C[C@@H](OCCCN(C)C)CC[C@]4(C)C3CC[C@]12C. The smallest absolute Gasteiger partial charge is 0.0612 e. The molecular formula is C32H57NO. The van der Waals surface area contributed by atoms with Crippen molar-refractivity contribution in [1.82, 2.24) is 4.90 Å². The van der Waals surface area contributed by atoms with Gasteiger partial charge in [0.25, 0.3) is 0 Å². The Morgan fingerprint density at radius 2 is 1.76 bits per heavy atom. The highest BCUT2D eigenvalue weighted by Gasteiger charge is 2.59. The Kier molecular flexibility index (Phi) is 8.61. The van der Waals surface area contributed by atoms with Gasteiger partial charge >= 0.3 is 0 Å². The third-order valence-electron chi connectivity index (χ3n) is 11.4. The summed E-state index contributed by atoms with van der Waals surface area (Å²) in [6.45, 7) is 14.8. The first-order valence-corrected chi connectivity index (χ1v) is 15.1. The van der Waals surface area contributed by atoms with Crippen molar-refractivity contribution in [2.24, 2.45) is 46.3 Å². The molecule has 4 aliphatic carbocycles. The van der Waals surface area contributed by atoms with Crippen LogP contribution in [0.25, 0.3) is 0 Å². The zero-order chi connectivity index (χ0) is 24.5. The lowest BCUT2D eigenvalue weighted by molar-refractivity contribution is -0.0642. The van der Waals surface area contributed by atoms with Gasteiger partial charge in [-0.2, -0.15) is 0 Å². The molecule has 4 rings (SSSR count). The van der Waals surface area contributed by atoms with Crippen LogP contribution in [0, 0.1) is 46.3 Å². The second-order valence-corrected chi connectivity index (χ2v) is 14.2. The van der Waals surface area contributed by atoms with E-state index in [1.54, 1.807) is 5.57 Å². The lowest BCUT2D eigenvalue weighted by atomic mass is 9.47. The van der Waals surface area contributed by atoms with Gasteiger partial charge in [0.1, 0.15) is 0 Å². The van der Waals surface area contributed by atoms with E-state index in [0.717, 1.165) is 55.1 Å². The van der Waals surface area contributed by atoms with Gasteiger partial charge < -0.3 is 9.64 Å². The fraction of sp³-hybridized carbons (Fsp3) is 0.938. The van der Waals surface area contributed by atoms with Crippen LogP contribution in [0.3, 0.4) is 0 Å². The Balaban J connectivity index is 1.38. The summed E-state index contributed by atoms with van der Waals surface area (Å²) in [6.07, 6.45) is 19.8. The maximum absolute atomic E-state index is 6.37. The number of rotatable bonds is 10. The standard InChI is InChI=1S/C32H57NO/c1-23(2)10-8-11-24(3)28-14-15-29-27-13-12-25-22-26(34-21-9-20-33(6)7)16-18-31(25,4)30(27)17-19-32(28,29)5/h12,23-24,26-30H,8-11,13-22H2,1-7H3/t24-,26+,27+,28-,29+,30?,31+,32-/m1/s1. The molecule has 1 unspecified atom stereocenters. The van der Waals surface area contributed by atoms with Crippen LogP contribution in [0.2, 0.25) is 0 Å². The molecule has 3 fully saturated rings. The second kappa shape index (κ2) is 11.0. The van der Waals surface area contributed by atoms with Gasteiger partial charge in [-0.05, 0) is 125 Å². The Hall–Kier alpha value is -0.340. The normalized spacial score (nSPS) is 40.6. The van der Waals surface area contributed by atoms with E-state index in [0.29, 0.717) is 16.9 Å². The van der Waals surface area contributed by atoms with Crippen LogP contribution in [-0.4, -0.2) is 38.3 Å². The van der Waals surface area contributed by atoms with Crippen LogP contribution in [-0.2, 0) is 4.74 Å². The molecule has 0 saturated heterocycles. The minimum Gasteiger partial charge on any atom is -0.378 e. The molecule has 0 aliphatic heterocycles. The molecule has 34 heavy (non-hydrogen) atoms. The molecule has 8 atom stereocenters. The van der Waals surface area contributed by atoms with Crippen molar-refractivity contribution in [2.75, 3.05) is 27.2 Å². The van der Waals surface area contributed by atoms with Gasteiger partial charge in [0, 0.05) is 6.61 Å². The first-order chi connectivity index (χ1) is 16.1. The van der Waals surface area contributed by atoms with Crippen LogP contribution in [0.5, 0.6) is 0 Å². The number of fused-ring (bicyclic) bond motifs is 5. The first-order valence-electron chi connectivity index (χ1n) is 15.1. The van der Waals surface area contributed by atoms with Gasteiger partial charge in [0.05, 0.1) is 6.10 Å². The van der Waals surface area contributed by atoms with Gasteiger partial charge in [-0.1, -0.05) is 65.5 Å². The molecule has 2 heteroatoms. The van der Waals surface area contributed by atoms with Crippen LogP contribution in [0.1, 0.15) is 112 Å². The fourth-order valence-electron chi connectivity index (χ4n) is 9.43. The number of hydrogen-bond acceptors (Lipinski definition) is 2. The lowest BCUT2D eigenvalue weighted by Crippen LogP contribution is -2.51. The molecule has 2 nitrogen and oxygen atoms in total. The predicted octanol–water partition coefficient (Wildman–Crippen LogP) is 8.36. The summed E-state index contributed by atoms with van der Waals surface area (Å²) in [5.74, 6) is 5.58. The summed E-state index contributed by atoms with van der Waals surface area (Å²) in [7, 11) is 4.31. The minimum absolute atomic E-state index is 0.453. The maximum Gasteiger partial charge on any atom is 0.0612 e. The molecule has 0 bridgehead atoms. The van der Waals surface area contributed by atoms with Gasteiger partial charge in [0.2, 0.25) is 0 Å². The van der Waals surface area contributed by atoms with Crippen LogP contribution in [0.4, 0.5) is 0 Å². The third kappa shape index (κ3) is 5.34. The number of nitrogens with zero attached hydrogens (tertiary/aromatic N) is 1. The van der Waals surface area contributed by atoms with Crippen LogP contribution < -0.4 is 0 Å². The average molecular weight is 472 g/mol. The zero-order valence-corrected chi connectivity index (χ0v) is 23.9. The van der Waals surface area contributed by atoms with E-state index in [1.807, 2.05) is 0 Å². The van der Waals surface area contributed by atoms with Crippen LogP contribution >= 0.6 is 0 Å². The van der Waals surface area contributed by atoms with E-state index in [9.17, 15) is 0 Å². The molecule has 0 aromatic carbocycles. The van der Waals surface area contributed by atoms with E-state index in [4.69, 9.17) is 4.74 Å². The highest BCUT2D eigenvalue weighted by molar-refractivity contribution is 5.25. The number of hydrogen-bond donors (Lipinski definition) is 0. The van der Waals surface area contributed by atoms with Gasteiger partial charge in [-0.15, -0.1) is 0 Å². The largest absolute Gasteiger partial charge is 0.378 e. The number of ether oxygens (including phenoxy) is 1. The van der Waals surface area contributed by atoms with E-state index in [-0.39, 0.29) is 0 Å². The van der Waals surface area contributed by atoms with Gasteiger partial charge in [-0.3, -0.25) is 0 Å². The van der Waals surface area contributed by atoms with Crippen molar-refractivity contribution >= 4 is 0 Å². The molecular weight excluding hydrogens is 414 g/mol. The average Bonchev–Trinajstić information content (AvgIpc) is 3.13. The Labute approximate surface area is 212 Å². The summed E-state index contributed by atoms with van der Waals surface area (Å²) in [5.41, 5.74) is 2.83. The fourth-order valence-corrected chi connectivity index (χ4v) is 9.43. The van der Waals surface area contributed by atoms with E-state index in [2.05, 4.69) is 59.7 Å². The monoisotopic (exact) mass is 471 g/mol. The topological polar surface area (TPSA) is 12.5 Å². The van der Waals surface area contributed by atoms with Crippen molar-refractivity contribution in [2.45, 2.75) is 118 Å². The van der Waals surface area contributed by atoms with E-state index < -0.39 is 0 Å². The third-order valence-corrected chi connectivity index (χ3v) is 11.4. The summed E-state index contributed by atoms with van der Waals surface area (Å²) in [6, 6.07) is 0. The predicted molar refractivity (Wildman–Crippen MR) is 146 cm³/mol. The number of allylic oxidation sites excluding steroid dienone is 1. The Bertz CT molecular complexity index is 697. The molecule has 0 amide bonds. The van der Waals surface area contributed by atoms with E-state index in [1.165, 1.54) is 70.6 Å². The summed E-state index contributed by atoms with van der Waals surface area (Å²) < 4.78 is 6.37. The first kappa shape index (κ1) is 26.7. The summed E-state index contributed by atoms with van der Waals surface area (Å²) in [4.78, 5) is 2.27. The summed E-state index contributed by atoms with van der Waals surface area (Å²) in [5, 5.41) is 0. The Morgan fingerprint density at radius 3 is 2.50 bits per heavy atom. The molecule has 0 spiro atoms. The van der Waals surface area contributed by atoms with Gasteiger partial charge in [0.15, 0.2) is 0 Å². The molecule has 4 aliphatic rings. The molecule has 3 saturated carbocycles. The molecule has 0 N–H and O–H groups in total. The quantitative estimate of drug-likeness (QED) is 0.234. The zero-order valence-electron chi connectivity index (χ0n) is 23.9. The van der Waals surface area contributed by atoms with Crippen LogP contribution in [0.15, 0.2) is 11.6 Å². The van der Waals surface area contributed by atoms with Crippen molar-refractivity contribution in [3.05, 3.63) is 11.6 Å². The molecule has 0 heterocycles. The van der Waals surface area contributed by atoms with Crippen molar-refractivity contribution in [3.63, 3.8) is 0 Å². The lowest BCUT2D eigenvalue weighted by Gasteiger charge is -2.58. The van der Waals surface area contributed by atoms with Gasteiger partial charge in [-0.25, -0.2) is 0 Å². The Morgan fingerprint density at radius 1 is 0.971 bits per heavy atom. The van der Waals surface area contributed by atoms with E-state index >= 15 is 0 Å². The van der Waals surface area contributed by atoms with Crippen molar-refractivity contribution in [3.8, 4) is 0 Å². The van der Waals surface area contributed by atoms with Crippen molar-refractivity contribution in [1.29, 1.82) is 0 Å². The van der Waals surface area contributed by atoms with Crippen molar-refractivity contribution < 1.29 is 4.74 Å². The highest BCUT2D eigenvalue weighted by Crippen LogP contribution is 2.67.